The van der Waals surface area contributed by atoms with Gasteiger partial charge in [0.05, 0.1) is 17.4 Å². The number of aryl methyl sites for hydroxylation is 2. The Balaban J connectivity index is 2.42. The van der Waals surface area contributed by atoms with E-state index in [9.17, 15) is 4.79 Å². The molecule has 1 heterocycles. The number of carbonyl (C=O) groups is 1. The lowest BCUT2D eigenvalue weighted by Crippen LogP contribution is -2.14. The molecule has 4 heteroatoms. The summed E-state index contributed by atoms with van der Waals surface area (Å²) in [5.41, 5.74) is 2.14. The van der Waals surface area contributed by atoms with Crippen molar-refractivity contribution in [1.29, 1.82) is 0 Å². The van der Waals surface area contributed by atoms with E-state index in [1.54, 1.807) is 10.7 Å². The van der Waals surface area contributed by atoms with E-state index in [1.807, 2.05) is 52.0 Å². The van der Waals surface area contributed by atoms with E-state index in [2.05, 4.69) is 5.10 Å². The molecule has 0 N–H and O–H groups in total. The molecule has 0 atom stereocenters. The van der Waals surface area contributed by atoms with Gasteiger partial charge < -0.3 is 4.74 Å². The van der Waals surface area contributed by atoms with Crippen LogP contribution in [-0.4, -0.2) is 21.7 Å². The Labute approximate surface area is 125 Å². The van der Waals surface area contributed by atoms with Gasteiger partial charge in [0.2, 0.25) is 5.78 Å². The molecular formula is C17H22N2O2. The molecule has 0 aliphatic carbocycles. The highest BCUT2D eigenvalue weighted by molar-refractivity contribution is 6.09. The lowest BCUT2D eigenvalue weighted by atomic mass is 10.1. The van der Waals surface area contributed by atoms with Gasteiger partial charge >= 0.3 is 0 Å². The summed E-state index contributed by atoms with van der Waals surface area (Å²) in [4.78, 5) is 12.8. The van der Waals surface area contributed by atoms with Crippen molar-refractivity contribution in [3.8, 4) is 5.75 Å². The van der Waals surface area contributed by atoms with Crippen molar-refractivity contribution in [1.82, 2.24) is 9.78 Å². The number of benzene rings is 1. The van der Waals surface area contributed by atoms with E-state index in [0.29, 0.717) is 23.6 Å². The van der Waals surface area contributed by atoms with Crippen LogP contribution in [0.4, 0.5) is 0 Å². The van der Waals surface area contributed by atoms with Crippen LogP contribution >= 0.6 is 0 Å². The van der Waals surface area contributed by atoms with Gasteiger partial charge in [0.15, 0.2) is 0 Å². The fourth-order valence-electron chi connectivity index (χ4n) is 2.22. The van der Waals surface area contributed by atoms with Crippen molar-refractivity contribution in [2.45, 2.75) is 46.8 Å². The molecule has 21 heavy (non-hydrogen) atoms. The van der Waals surface area contributed by atoms with Crippen LogP contribution < -0.4 is 4.74 Å². The van der Waals surface area contributed by atoms with Crippen LogP contribution in [0.2, 0.25) is 0 Å². The van der Waals surface area contributed by atoms with Gasteiger partial charge in [0.25, 0.3) is 0 Å². The van der Waals surface area contributed by atoms with Gasteiger partial charge in [-0.05, 0) is 45.4 Å². The topological polar surface area (TPSA) is 44.1 Å². The molecular weight excluding hydrogens is 264 g/mol. The molecule has 0 unspecified atom stereocenters. The summed E-state index contributed by atoms with van der Waals surface area (Å²) in [5.74, 6) is 0.583. The first-order chi connectivity index (χ1) is 10.1. The van der Waals surface area contributed by atoms with Gasteiger partial charge in [0, 0.05) is 6.54 Å². The molecule has 0 saturated carbocycles. The second-order valence-electron chi connectivity index (χ2n) is 5.18. The maximum atomic E-state index is 12.8. The maximum absolute atomic E-state index is 12.8. The highest BCUT2D eigenvalue weighted by Gasteiger charge is 2.19. The molecule has 0 saturated heterocycles. The predicted molar refractivity (Wildman–Crippen MR) is 82.9 cm³/mol. The minimum atomic E-state index is -0.0414. The Morgan fingerprint density at radius 2 is 2.00 bits per heavy atom. The van der Waals surface area contributed by atoms with Gasteiger partial charge in [-0.2, -0.15) is 5.10 Å². The highest BCUT2D eigenvalue weighted by atomic mass is 16.5. The smallest absolute Gasteiger partial charge is 0.214 e. The summed E-state index contributed by atoms with van der Waals surface area (Å²) in [7, 11) is 0. The normalized spacial score (nSPS) is 10.9. The minimum absolute atomic E-state index is 0.0289. The number of carbonyl (C=O) groups excluding carboxylic acids is 1. The maximum Gasteiger partial charge on any atom is 0.214 e. The molecule has 1 aromatic heterocycles. The molecule has 0 aliphatic heterocycles. The average molecular weight is 286 g/mol. The third-order valence-electron chi connectivity index (χ3n) is 3.22. The van der Waals surface area contributed by atoms with Crippen LogP contribution in [0.25, 0.3) is 0 Å². The Morgan fingerprint density at radius 1 is 1.29 bits per heavy atom. The van der Waals surface area contributed by atoms with Crippen LogP contribution in [-0.2, 0) is 13.0 Å². The molecule has 0 fully saturated rings. The van der Waals surface area contributed by atoms with Gasteiger partial charge in [-0.3, -0.25) is 9.48 Å². The average Bonchev–Trinajstić information content (AvgIpc) is 2.90. The van der Waals surface area contributed by atoms with Gasteiger partial charge in [-0.1, -0.05) is 19.1 Å². The van der Waals surface area contributed by atoms with Crippen LogP contribution in [0, 0.1) is 0 Å². The third-order valence-corrected chi connectivity index (χ3v) is 3.22. The first kappa shape index (κ1) is 15.3. The van der Waals surface area contributed by atoms with Crippen molar-refractivity contribution in [2.24, 2.45) is 0 Å². The number of nitrogens with zero attached hydrogens (tertiary/aromatic N) is 2. The molecule has 1 aromatic carbocycles. The van der Waals surface area contributed by atoms with Crippen molar-refractivity contribution in [3.63, 3.8) is 0 Å². The zero-order valence-electron chi connectivity index (χ0n) is 13.1. The molecule has 0 aliphatic rings. The second kappa shape index (κ2) is 6.57. The first-order valence-corrected chi connectivity index (χ1v) is 7.43. The Morgan fingerprint density at radius 3 is 2.62 bits per heavy atom. The van der Waals surface area contributed by atoms with Crippen molar-refractivity contribution >= 4 is 5.78 Å². The number of para-hydroxylation sites is 1. The molecule has 0 bridgehead atoms. The van der Waals surface area contributed by atoms with E-state index >= 15 is 0 Å². The SMILES string of the molecule is CCc1cc(C(=O)c2ccccc2OC(C)C)n(CC)n1. The number of hydrogen-bond donors (Lipinski definition) is 0. The van der Waals surface area contributed by atoms with Crippen molar-refractivity contribution < 1.29 is 9.53 Å². The molecule has 0 amide bonds. The predicted octanol–water partition coefficient (Wildman–Crippen LogP) is 3.48. The van der Waals surface area contributed by atoms with E-state index < -0.39 is 0 Å². The van der Waals surface area contributed by atoms with E-state index in [-0.39, 0.29) is 11.9 Å². The lowest BCUT2D eigenvalue weighted by Gasteiger charge is -2.13. The largest absolute Gasteiger partial charge is 0.490 e. The number of aromatic nitrogens is 2. The van der Waals surface area contributed by atoms with Gasteiger partial charge in [-0.15, -0.1) is 0 Å². The Bertz CT molecular complexity index is 629. The summed E-state index contributed by atoms with van der Waals surface area (Å²) in [5, 5.41) is 4.44. The number of ketones is 1. The monoisotopic (exact) mass is 286 g/mol. The van der Waals surface area contributed by atoms with Crippen LogP contribution in [0.5, 0.6) is 5.75 Å². The summed E-state index contributed by atoms with van der Waals surface area (Å²) in [6.45, 7) is 8.60. The van der Waals surface area contributed by atoms with Crippen molar-refractivity contribution in [3.05, 3.63) is 47.3 Å². The minimum Gasteiger partial charge on any atom is -0.490 e. The Kier molecular flexibility index (Phi) is 4.78. The zero-order chi connectivity index (χ0) is 15.4. The molecule has 2 aromatic rings. The molecule has 112 valence electrons. The fourth-order valence-corrected chi connectivity index (χ4v) is 2.22. The molecule has 2 rings (SSSR count). The first-order valence-electron chi connectivity index (χ1n) is 7.43. The number of hydrogen-bond acceptors (Lipinski definition) is 3. The molecule has 0 spiro atoms. The lowest BCUT2D eigenvalue weighted by molar-refractivity contribution is 0.102. The quantitative estimate of drug-likeness (QED) is 0.764. The van der Waals surface area contributed by atoms with E-state index in [1.165, 1.54) is 0 Å². The second-order valence-corrected chi connectivity index (χ2v) is 5.18. The summed E-state index contributed by atoms with van der Waals surface area (Å²) >= 11 is 0. The fraction of sp³-hybridized carbons (Fsp3) is 0.412. The number of rotatable bonds is 6. The summed E-state index contributed by atoms with van der Waals surface area (Å²) in [6, 6.07) is 9.24. The molecule has 4 nitrogen and oxygen atoms in total. The van der Waals surface area contributed by atoms with Gasteiger partial charge in [-0.25, -0.2) is 0 Å². The van der Waals surface area contributed by atoms with Crippen molar-refractivity contribution in [2.75, 3.05) is 0 Å². The summed E-state index contributed by atoms with van der Waals surface area (Å²) in [6.07, 6.45) is 0.846. The van der Waals surface area contributed by atoms with Gasteiger partial charge in [0.1, 0.15) is 11.4 Å². The van der Waals surface area contributed by atoms with Crippen LogP contribution in [0.15, 0.2) is 30.3 Å². The van der Waals surface area contributed by atoms with Crippen LogP contribution in [0.3, 0.4) is 0 Å². The third kappa shape index (κ3) is 3.32. The van der Waals surface area contributed by atoms with E-state index in [0.717, 1.165) is 12.1 Å². The highest BCUT2D eigenvalue weighted by Crippen LogP contribution is 2.23. The van der Waals surface area contributed by atoms with E-state index in [4.69, 9.17) is 4.74 Å². The standard InChI is InChI=1S/C17H22N2O2/c1-5-13-11-15(19(6-2)18-13)17(20)14-9-7-8-10-16(14)21-12(3)4/h7-12H,5-6H2,1-4H3. The zero-order valence-corrected chi connectivity index (χ0v) is 13.1. The molecule has 0 radical (unpaired) electrons. The summed E-state index contributed by atoms with van der Waals surface area (Å²) < 4.78 is 7.50. The van der Waals surface area contributed by atoms with Crippen LogP contribution in [0.1, 0.15) is 49.4 Å². The number of ether oxygens (including phenoxy) is 1. The Hall–Kier alpha value is -2.10.